The maximum Gasteiger partial charge on any atom is 0.121 e. The number of benzene rings is 1. The predicted molar refractivity (Wildman–Crippen MR) is 89.5 cm³/mol. The van der Waals surface area contributed by atoms with E-state index in [0.717, 1.165) is 34.6 Å². The van der Waals surface area contributed by atoms with Crippen molar-refractivity contribution >= 4 is 0 Å². The first-order valence-corrected chi connectivity index (χ1v) is 7.35. The summed E-state index contributed by atoms with van der Waals surface area (Å²) in [5.41, 5.74) is 10.5. The van der Waals surface area contributed by atoms with E-state index in [-0.39, 0.29) is 6.10 Å². The molecule has 0 radical (unpaired) electrons. The van der Waals surface area contributed by atoms with E-state index >= 15 is 0 Å². The molecule has 22 heavy (non-hydrogen) atoms. The van der Waals surface area contributed by atoms with Crippen LogP contribution in [0.25, 0.3) is 0 Å². The Morgan fingerprint density at radius 1 is 1.45 bits per heavy atom. The molecule has 0 aliphatic heterocycles. The van der Waals surface area contributed by atoms with Gasteiger partial charge in [0.15, 0.2) is 0 Å². The molecule has 0 fully saturated rings. The fraction of sp³-hybridized carbons (Fsp3) is 0.333. The standard InChI is InChI=1S/C18H24N2O2/c1-12-9-14(5-8-18(12)21-4)11-22-15-6-7-16(13(2)19)17(10-15)20-3/h5,7-10,15,20H,2,6,11,19H2,1,3-4H3. The molecule has 2 rings (SSSR count). The summed E-state index contributed by atoms with van der Waals surface area (Å²) in [4.78, 5) is 0. The third-order valence-electron chi connectivity index (χ3n) is 3.74. The average molecular weight is 300 g/mol. The summed E-state index contributed by atoms with van der Waals surface area (Å²) in [5.74, 6) is 0.896. The number of hydrogen-bond acceptors (Lipinski definition) is 4. The molecule has 4 heteroatoms. The van der Waals surface area contributed by atoms with Crippen molar-refractivity contribution in [3.8, 4) is 5.75 Å². The van der Waals surface area contributed by atoms with Crippen molar-refractivity contribution < 1.29 is 9.47 Å². The first-order chi connectivity index (χ1) is 10.5. The van der Waals surface area contributed by atoms with Crippen molar-refractivity contribution in [1.29, 1.82) is 0 Å². The molecule has 4 nitrogen and oxygen atoms in total. The molecule has 1 aromatic carbocycles. The van der Waals surface area contributed by atoms with Crippen molar-refractivity contribution in [2.75, 3.05) is 14.2 Å². The number of methoxy groups -OCH3 is 1. The van der Waals surface area contributed by atoms with Crippen molar-refractivity contribution in [3.05, 3.63) is 65.0 Å². The summed E-state index contributed by atoms with van der Waals surface area (Å²) in [7, 11) is 3.55. The minimum absolute atomic E-state index is 0.0351. The van der Waals surface area contributed by atoms with Crippen LogP contribution in [0.1, 0.15) is 17.5 Å². The highest BCUT2D eigenvalue weighted by Gasteiger charge is 2.16. The van der Waals surface area contributed by atoms with Gasteiger partial charge in [0.05, 0.1) is 19.8 Å². The van der Waals surface area contributed by atoms with E-state index in [1.807, 2.05) is 26.1 Å². The van der Waals surface area contributed by atoms with Gasteiger partial charge >= 0.3 is 0 Å². The predicted octanol–water partition coefficient (Wildman–Crippen LogP) is 2.79. The van der Waals surface area contributed by atoms with Gasteiger partial charge in [-0.1, -0.05) is 24.8 Å². The molecule has 1 unspecified atom stereocenters. The molecule has 1 aliphatic rings. The van der Waals surface area contributed by atoms with Crippen LogP contribution in [0.2, 0.25) is 0 Å². The minimum Gasteiger partial charge on any atom is -0.496 e. The highest BCUT2D eigenvalue weighted by molar-refractivity contribution is 5.45. The number of nitrogens with one attached hydrogen (secondary N) is 1. The number of hydrogen-bond donors (Lipinski definition) is 2. The quantitative estimate of drug-likeness (QED) is 0.848. The number of rotatable bonds is 6. The Bertz CT molecular complexity index is 618. The van der Waals surface area contributed by atoms with Gasteiger partial charge in [-0.25, -0.2) is 0 Å². The minimum atomic E-state index is 0.0351. The molecule has 0 aromatic heterocycles. The average Bonchev–Trinajstić information content (AvgIpc) is 2.52. The topological polar surface area (TPSA) is 56.5 Å². The Balaban J connectivity index is 2.00. The summed E-state index contributed by atoms with van der Waals surface area (Å²) in [6.45, 7) is 6.39. The molecule has 0 saturated carbocycles. The molecule has 0 heterocycles. The third-order valence-corrected chi connectivity index (χ3v) is 3.74. The van der Waals surface area contributed by atoms with Gasteiger partial charge in [-0.05, 0) is 36.6 Å². The van der Waals surface area contributed by atoms with E-state index in [4.69, 9.17) is 15.2 Å². The first-order valence-electron chi connectivity index (χ1n) is 7.35. The van der Waals surface area contributed by atoms with Crippen LogP contribution in [-0.2, 0) is 11.3 Å². The zero-order chi connectivity index (χ0) is 16.1. The van der Waals surface area contributed by atoms with Gasteiger partial charge in [-0.2, -0.15) is 0 Å². The Labute approximate surface area is 132 Å². The molecule has 1 aromatic rings. The van der Waals surface area contributed by atoms with E-state index in [2.05, 4.69) is 30.1 Å². The molecular weight excluding hydrogens is 276 g/mol. The lowest BCUT2D eigenvalue weighted by Gasteiger charge is -2.22. The molecule has 1 atom stereocenters. The molecule has 118 valence electrons. The van der Waals surface area contributed by atoms with Crippen LogP contribution in [0.5, 0.6) is 5.75 Å². The van der Waals surface area contributed by atoms with Crippen LogP contribution >= 0.6 is 0 Å². The van der Waals surface area contributed by atoms with Crippen LogP contribution in [0.4, 0.5) is 0 Å². The van der Waals surface area contributed by atoms with E-state index in [9.17, 15) is 0 Å². The van der Waals surface area contributed by atoms with Gasteiger partial charge in [0.1, 0.15) is 5.75 Å². The van der Waals surface area contributed by atoms with Crippen molar-refractivity contribution in [2.45, 2.75) is 26.1 Å². The van der Waals surface area contributed by atoms with Crippen molar-refractivity contribution in [1.82, 2.24) is 5.32 Å². The number of aryl methyl sites for hydroxylation is 1. The molecule has 0 bridgehead atoms. The second-order valence-corrected chi connectivity index (χ2v) is 5.36. The highest BCUT2D eigenvalue weighted by Crippen LogP contribution is 2.23. The Morgan fingerprint density at radius 3 is 2.82 bits per heavy atom. The van der Waals surface area contributed by atoms with Gasteiger partial charge in [0, 0.05) is 24.0 Å². The maximum atomic E-state index is 5.99. The molecule has 0 saturated heterocycles. The normalized spacial score (nSPS) is 17.5. The fourth-order valence-corrected chi connectivity index (χ4v) is 2.56. The molecule has 0 amide bonds. The first kappa shape index (κ1) is 16.2. The van der Waals surface area contributed by atoms with Crippen molar-refractivity contribution in [2.24, 2.45) is 5.73 Å². The van der Waals surface area contributed by atoms with Gasteiger partial charge in [-0.15, -0.1) is 0 Å². The SMILES string of the molecule is C=C(N)C1=CCC(OCc2ccc(OC)c(C)c2)C=C1NC. The molecule has 1 aliphatic carbocycles. The van der Waals surface area contributed by atoms with Crippen LogP contribution < -0.4 is 15.8 Å². The Morgan fingerprint density at radius 2 is 2.23 bits per heavy atom. The van der Waals surface area contributed by atoms with E-state index < -0.39 is 0 Å². The highest BCUT2D eigenvalue weighted by atomic mass is 16.5. The molecule has 3 N–H and O–H groups in total. The number of likely N-dealkylation sites (N-methyl/N-ethyl adjacent to an activating group) is 1. The smallest absolute Gasteiger partial charge is 0.121 e. The summed E-state index contributed by atoms with van der Waals surface area (Å²) >= 11 is 0. The summed E-state index contributed by atoms with van der Waals surface area (Å²) in [5, 5.41) is 3.14. The number of ether oxygens (including phenoxy) is 2. The van der Waals surface area contributed by atoms with Gasteiger partial charge in [0.25, 0.3) is 0 Å². The van der Waals surface area contributed by atoms with Crippen LogP contribution in [0.3, 0.4) is 0 Å². The van der Waals surface area contributed by atoms with Gasteiger partial charge in [-0.3, -0.25) is 0 Å². The lowest BCUT2D eigenvalue weighted by atomic mass is 9.99. The summed E-state index contributed by atoms with van der Waals surface area (Å²) in [6.07, 6.45) is 4.96. The second-order valence-electron chi connectivity index (χ2n) is 5.36. The largest absolute Gasteiger partial charge is 0.496 e. The fourth-order valence-electron chi connectivity index (χ4n) is 2.56. The lowest BCUT2D eigenvalue weighted by Crippen LogP contribution is -2.21. The molecular formula is C18H24N2O2. The lowest BCUT2D eigenvalue weighted by molar-refractivity contribution is 0.0722. The van der Waals surface area contributed by atoms with E-state index in [0.29, 0.717) is 12.3 Å². The summed E-state index contributed by atoms with van der Waals surface area (Å²) in [6, 6.07) is 6.09. The second kappa shape index (κ2) is 7.18. The maximum absolute atomic E-state index is 5.99. The third kappa shape index (κ3) is 3.71. The zero-order valence-corrected chi connectivity index (χ0v) is 13.5. The van der Waals surface area contributed by atoms with Crippen LogP contribution in [-0.4, -0.2) is 20.3 Å². The van der Waals surface area contributed by atoms with Crippen molar-refractivity contribution in [3.63, 3.8) is 0 Å². The molecule has 0 spiro atoms. The zero-order valence-electron chi connectivity index (χ0n) is 13.5. The van der Waals surface area contributed by atoms with Crippen LogP contribution in [0.15, 0.2) is 53.9 Å². The van der Waals surface area contributed by atoms with Gasteiger partial charge < -0.3 is 20.5 Å². The Kier molecular flexibility index (Phi) is 5.28. The monoisotopic (exact) mass is 300 g/mol. The van der Waals surface area contributed by atoms with Crippen LogP contribution in [0, 0.1) is 6.92 Å². The van der Waals surface area contributed by atoms with Gasteiger partial charge in [0.2, 0.25) is 0 Å². The number of nitrogens with two attached hydrogens (primary N) is 1. The summed E-state index contributed by atoms with van der Waals surface area (Å²) < 4.78 is 11.3. The van der Waals surface area contributed by atoms with E-state index in [1.54, 1.807) is 7.11 Å². The van der Waals surface area contributed by atoms with E-state index in [1.165, 1.54) is 0 Å². The Hall–Kier alpha value is -2.20.